The number of methoxy groups -OCH3 is 1. The van der Waals surface area contributed by atoms with Gasteiger partial charge in [0.25, 0.3) is 5.56 Å². The maximum absolute atomic E-state index is 13.7. The molecular formula is C27H34N4O4. The van der Waals surface area contributed by atoms with E-state index in [1.165, 1.54) is 0 Å². The molecule has 3 aromatic rings. The zero-order valence-corrected chi connectivity index (χ0v) is 20.7. The number of aliphatic hydroxyl groups is 1. The maximum Gasteiger partial charge on any atom is 0.268 e. The van der Waals surface area contributed by atoms with Crippen molar-refractivity contribution in [3.05, 3.63) is 70.9 Å². The lowest BCUT2D eigenvalue weighted by Crippen LogP contribution is -2.41. The first-order chi connectivity index (χ1) is 16.8. The van der Waals surface area contributed by atoms with Gasteiger partial charge in [-0.05, 0) is 49.6 Å². The van der Waals surface area contributed by atoms with Crippen LogP contribution in [0.25, 0.3) is 22.3 Å². The van der Waals surface area contributed by atoms with Crippen LogP contribution in [0.1, 0.15) is 31.2 Å². The predicted octanol–water partition coefficient (Wildman–Crippen LogP) is 3.14. The number of rotatable bonds is 8. The van der Waals surface area contributed by atoms with E-state index in [0.29, 0.717) is 34.8 Å². The molecule has 0 saturated carbocycles. The van der Waals surface area contributed by atoms with Crippen molar-refractivity contribution in [2.75, 3.05) is 26.8 Å². The molecule has 3 heterocycles. The third-order valence-corrected chi connectivity index (χ3v) is 6.90. The van der Waals surface area contributed by atoms with Gasteiger partial charge in [0, 0.05) is 43.3 Å². The topological polar surface area (TPSA) is 91.9 Å². The molecule has 1 aliphatic rings. The highest BCUT2D eigenvalue weighted by Crippen LogP contribution is 2.34. The lowest BCUT2D eigenvalue weighted by Gasteiger charge is -2.35. The number of benzene rings is 1. The summed E-state index contributed by atoms with van der Waals surface area (Å²) < 4.78 is 8.73. The molecule has 8 nitrogen and oxygen atoms in total. The molecular weight excluding hydrogens is 444 g/mol. The largest absolute Gasteiger partial charge is 0.505 e. The average molecular weight is 479 g/mol. The molecule has 0 atom stereocenters. The summed E-state index contributed by atoms with van der Waals surface area (Å²) >= 11 is 0. The SMILES string of the molecule is C=C(NC1CCN(C(=C)CO)CC1)c1c(O)c2c(=O)n(-c3ccc(OC)cc3)c(CC)cc2n1C. The molecule has 0 aliphatic carbocycles. The Bertz CT molecular complexity index is 1310. The van der Waals surface area contributed by atoms with Gasteiger partial charge < -0.3 is 29.7 Å². The molecule has 8 heteroatoms. The van der Waals surface area contributed by atoms with Crippen LogP contribution in [0.15, 0.2) is 54.0 Å². The van der Waals surface area contributed by atoms with Gasteiger partial charge in [0.1, 0.15) is 16.8 Å². The summed E-state index contributed by atoms with van der Waals surface area (Å²) in [5, 5.41) is 24.2. The van der Waals surface area contributed by atoms with Crippen LogP contribution in [-0.2, 0) is 13.5 Å². The number of ether oxygens (including phenoxy) is 1. The Morgan fingerprint density at radius 2 is 1.86 bits per heavy atom. The Hall–Kier alpha value is -3.65. The summed E-state index contributed by atoms with van der Waals surface area (Å²) in [7, 11) is 3.44. The van der Waals surface area contributed by atoms with Crippen LogP contribution in [0.2, 0.25) is 0 Å². The fourth-order valence-electron chi connectivity index (χ4n) is 4.91. The van der Waals surface area contributed by atoms with E-state index >= 15 is 0 Å². The van der Waals surface area contributed by atoms with Gasteiger partial charge in [0.2, 0.25) is 0 Å². The van der Waals surface area contributed by atoms with Crippen molar-refractivity contribution in [1.82, 2.24) is 19.4 Å². The standard InChI is InChI=1S/C27H34N4O4/c1-6-20-15-23-24(27(34)31(20)21-7-9-22(35-5)10-8-21)26(33)25(29(23)4)18(3)28-19-11-13-30(14-12-19)17(2)16-32/h7-10,15,19,28,32-33H,2-3,6,11-14,16H2,1,4-5H3. The second kappa shape index (κ2) is 9.92. The molecule has 1 fully saturated rings. The van der Waals surface area contributed by atoms with Crippen LogP contribution >= 0.6 is 0 Å². The minimum Gasteiger partial charge on any atom is -0.505 e. The number of pyridine rings is 1. The lowest BCUT2D eigenvalue weighted by molar-refractivity contribution is 0.210. The van der Waals surface area contributed by atoms with Crippen molar-refractivity contribution < 1.29 is 14.9 Å². The maximum atomic E-state index is 13.7. The minimum atomic E-state index is -0.271. The highest BCUT2D eigenvalue weighted by Gasteiger charge is 2.25. The number of piperidine rings is 1. The normalized spacial score (nSPS) is 14.3. The van der Waals surface area contributed by atoms with Crippen LogP contribution in [0.3, 0.4) is 0 Å². The van der Waals surface area contributed by atoms with Crippen molar-refractivity contribution in [3.8, 4) is 17.2 Å². The molecule has 0 bridgehead atoms. The number of aromatic hydroxyl groups is 1. The first-order valence-electron chi connectivity index (χ1n) is 11.9. The number of fused-ring (bicyclic) bond motifs is 1. The van der Waals surface area contributed by atoms with Crippen LogP contribution in [0, 0.1) is 0 Å². The second-order valence-electron chi connectivity index (χ2n) is 8.95. The molecule has 0 amide bonds. The smallest absolute Gasteiger partial charge is 0.268 e. The molecule has 1 saturated heterocycles. The van der Waals surface area contributed by atoms with Crippen molar-refractivity contribution in [2.45, 2.75) is 32.2 Å². The molecule has 1 aliphatic heterocycles. The van der Waals surface area contributed by atoms with Gasteiger partial charge in [0.05, 0.1) is 24.9 Å². The van der Waals surface area contributed by atoms with E-state index in [1.807, 2.05) is 48.9 Å². The average Bonchev–Trinajstić information content (AvgIpc) is 3.13. The van der Waals surface area contributed by atoms with Crippen LogP contribution < -0.4 is 15.6 Å². The third kappa shape index (κ3) is 4.41. The van der Waals surface area contributed by atoms with E-state index in [-0.39, 0.29) is 29.3 Å². The third-order valence-electron chi connectivity index (χ3n) is 6.90. The zero-order valence-electron chi connectivity index (χ0n) is 20.7. The van der Waals surface area contributed by atoms with E-state index < -0.39 is 0 Å². The van der Waals surface area contributed by atoms with Gasteiger partial charge in [-0.3, -0.25) is 9.36 Å². The van der Waals surface area contributed by atoms with Gasteiger partial charge in [-0.1, -0.05) is 20.1 Å². The molecule has 35 heavy (non-hydrogen) atoms. The number of likely N-dealkylation sites (tertiary alicyclic amines) is 1. The van der Waals surface area contributed by atoms with Gasteiger partial charge in [-0.25, -0.2) is 0 Å². The molecule has 0 unspecified atom stereocenters. The summed E-state index contributed by atoms with van der Waals surface area (Å²) in [6.07, 6.45) is 2.36. The molecule has 186 valence electrons. The summed E-state index contributed by atoms with van der Waals surface area (Å²) in [6, 6.07) is 9.43. The highest BCUT2D eigenvalue weighted by atomic mass is 16.5. The number of hydrogen-bond donors (Lipinski definition) is 3. The summed E-state index contributed by atoms with van der Waals surface area (Å²) in [4.78, 5) is 15.8. The van der Waals surface area contributed by atoms with E-state index in [1.54, 1.807) is 11.7 Å². The zero-order chi connectivity index (χ0) is 25.3. The monoisotopic (exact) mass is 478 g/mol. The van der Waals surface area contributed by atoms with Gasteiger partial charge in [-0.2, -0.15) is 0 Å². The first-order valence-corrected chi connectivity index (χ1v) is 11.9. The van der Waals surface area contributed by atoms with Crippen LogP contribution in [-0.4, -0.2) is 57.1 Å². The molecule has 0 radical (unpaired) electrons. The lowest BCUT2D eigenvalue weighted by atomic mass is 10.0. The number of nitrogens with zero attached hydrogens (tertiary/aromatic N) is 3. The van der Waals surface area contributed by atoms with E-state index in [9.17, 15) is 15.0 Å². The Morgan fingerprint density at radius 3 is 2.43 bits per heavy atom. The molecule has 2 aromatic heterocycles. The fourth-order valence-corrected chi connectivity index (χ4v) is 4.91. The first kappa shape index (κ1) is 24.5. The Labute approximate surface area is 205 Å². The summed E-state index contributed by atoms with van der Waals surface area (Å²) in [5.74, 6) is 0.640. The van der Waals surface area contributed by atoms with Gasteiger partial charge in [-0.15, -0.1) is 0 Å². The fraction of sp³-hybridized carbons (Fsp3) is 0.370. The van der Waals surface area contributed by atoms with Crippen molar-refractivity contribution >= 4 is 16.6 Å². The molecule has 4 rings (SSSR count). The summed E-state index contributed by atoms with van der Waals surface area (Å²) in [5.41, 5.74) is 3.77. The summed E-state index contributed by atoms with van der Waals surface area (Å²) in [6.45, 7) is 11.6. The van der Waals surface area contributed by atoms with Crippen molar-refractivity contribution in [1.29, 1.82) is 0 Å². The highest BCUT2D eigenvalue weighted by molar-refractivity contribution is 5.92. The molecule has 1 aromatic carbocycles. The van der Waals surface area contributed by atoms with E-state index in [4.69, 9.17) is 4.74 Å². The Morgan fingerprint density at radius 1 is 1.20 bits per heavy atom. The van der Waals surface area contributed by atoms with E-state index in [0.717, 1.165) is 37.3 Å². The number of nitrogens with one attached hydrogen (secondary N) is 1. The van der Waals surface area contributed by atoms with Crippen LogP contribution in [0.4, 0.5) is 0 Å². The number of aromatic nitrogens is 2. The minimum absolute atomic E-state index is 0.0393. The van der Waals surface area contributed by atoms with Gasteiger partial charge in [0.15, 0.2) is 5.75 Å². The van der Waals surface area contributed by atoms with Crippen molar-refractivity contribution in [2.24, 2.45) is 7.05 Å². The Kier molecular flexibility index (Phi) is 6.93. The van der Waals surface area contributed by atoms with Gasteiger partial charge >= 0.3 is 0 Å². The van der Waals surface area contributed by atoms with Crippen molar-refractivity contribution in [3.63, 3.8) is 0 Å². The molecule has 0 spiro atoms. The van der Waals surface area contributed by atoms with Crippen LogP contribution in [0.5, 0.6) is 11.5 Å². The molecule has 3 N–H and O–H groups in total. The number of aryl methyl sites for hydroxylation is 2. The Balaban J connectivity index is 1.69. The quantitative estimate of drug-likeness (QED) is 0.461. The predicted molar refractivity (Wildman–Crippen MR) is 139 cm³/mol. The van der Waals surface area contributed by atoms with E-state index in [2.05, 4.69) is 23.4 Å². The number of hydrogen-bond acceptors (Lipinski definition) is 6. The second-order valence-corrected chi connectivity index (χ2v) is 8.95. The number of aliphatic hydroxyl groups excluding tert-OH is 1.